The lowest BCUT2D eigenvalue weighted by Crippen LogP contribution is -2.01. The fourth-order valence-corrected chi connectivity index (χ4v) is 1.66. The second-order valence-electron chi connectivity index (χ2n) is 4.70. The highest BCUT2D eigenvalue weighted by Crippen LogP contribution is 2.25. The molecule has 0 saturated heterocycles. The Balaban J connectivity index is 2.06. The molecule has 19 heavy (non-hydrogen) atoms. The van der Waals surface area contributed by atoms with Gasteiger partial charge >= 0.3 is 0 Å². The highest BCUT2D eigenvalue weighted by Gasteiger charge is 2.12. The summed E-state index contributed by atoms with van der Waals surface area (Å²) in [5.41, 5.74) is 0.742. The molecule has 0 bridgehead atoms. The Morgan fingerprint density at radius 2 is 2.00 bits per heavy atom. The van der Waals surface area contributed by atoms with Crippen LogP contribution >= 0.6 is 0 Å². The zero-order valence-corrected chi connectivity index (χ0v) is 11.3. The number of hydrogen-bond donors (Lipinski definition) is 1. The summed E-state index contributed by atoms with van der Waals surface area (Å²) in [6, 6.07) is 7.35. The molecule has 0 unspecified atom stereocenters. The van der Waals surface area contributed by atoms with Crippen LogP contribution in [0.3, 0.4) is 0 Å². The first kappa shape index (κ1) is 13.5. The van der Waals surface area contributed by atoms with Gasteiger partial charge in [-0.3, -0.25) is 0 Å². The molecule has 5 heteroatoms. The maximum Gasteiger partial charge on any atom is 0.264 e. The van der Waals surface area contributed by atoms with E-state index in [9.17, 15) is 5.11 Å². The van der Waals surface area contributed by atoms with Gasteiger partial charge in [0.2, 0.25) is 0 Å². The van der Waals surface area contributed by atoms with Gasteiger partial charge in [0, 0.05) is 11.5 Å². The molecule has 0 aliphatic carbocycles. The van der Waals surface area contributed by atoms with E-state index in [1.807, 2.05) is 38.1 Å². The van der Waals surface area contributed by atoms with Crippen molar-refractivity contribution in [2.24, 2.45) is 0 Å². The average molecular weight is 262 g/mol. The number of rotatable bonds is 5. The number of aliphatic hydroxyl groups excluding tert-OH is 1. The average Bonchev–Trinajstić information content (AvgIpc) is 2.85. The van der Waals surface area contributed by atoms with E-state index in [0.717, 1.165) is 5.56 Å². The number of ether oxygens (including phenoxy) is 1. The first-order valence-electron chi connectivity index (χ1n) is 6.30. The lowest BCUT2D eigenvalue weighted by molar-refractivity contribution is 0.185. The standard InChI is InChI=1S/C14H18N2O3/c1-9(2)14-15-13(19-16-14)8-18-12-7-5-4-6-11(12)10(3)17/h4-7,9-10,17H,8H2,1-3H3/t10-/m0/s1. The maximum atomic E-state index is 9.65. The van der Waals surface area contributed by atoms with Crippen molar-refractivity contribution >= 4 is 0 Å². The predicted molar refractivity (Wildman–Crippen MR) is 69.8 cm³/mol. The summed E-state index contributed by atoms with van der Waals surface area (Å²) in [7, 11) is 0. The van der Waals surface area contributed by atoms with Crippen LogP contribution in [0.4, 0.5) is 0 Å². The Morgan fingerprint density at radius 1 is 1.26 bits per heavy atom. The van der Waals surface area contributed by atoms with E-state index in [1.54, 1.807) is 6.92 Å². The molecule has 1 N–H and O–H groups in total. The summed E-state index contributed by atoms with van der Waals surface area (Å²) in [6.45, 7) is 5.89. The summed E-state index contributed by atoms with van der Waals surface area (Å²) < 4.78 is 10.7. The molecule has 0 fully saturated rings. The van der Waals surface area contributed by atoms with Crippen molar-refractivity contribution in [2.45, 2.75) is 39.4 Å². The number of hydrogen-bond acceptors (Lipinski definition) is 5. The third-order valence-corrected chi connectivity index (χ3v) is 2.72. The minimum atomic E-state index is -0.579. The monoisotopic (exact) mass is 262 g/mol. The van der Waals surface area contributed by atoms with Crippen molar-refractivity contribution in [1.29, 1.82) is 0 Å². The summed E-state index contributed by atoms with van der Waals surface area (Å²) in [4.78, 5) is 4.23. The normalized spacial score (nSPS) is 12.7. The smallest absolute Gasteiger partial charge is 0.264 e. The highest BCUT2D eigenvalue weighted by atomic mass is 16.5. The first-order valence-corrected chi connectivity index (χ1v) is 6.30. The quantitative estimate of drug-likeness (QED) is 0.897. The number of aliphatic hydroxyl groups is 1. The first-order chi connectivity index (χ1) is 9.08. The second kappa shape index (κ2) is 5.84. The van der Waals surface area contributed by atoms with E-state index in [1.165, 1.54) is 0 Å². The molecule has 102 valence electrons. The molecule has 2 rings (SSSR count). The van der Waals surface area contributed by atoms with Gasteiger partial charge in [-0.2, -0.15) is 4.98 Å². The molecule has 1 heterocycles. The molecule has 2 aromatic rings. The molecule has 0 radical (unpaired) electrons. The number of para-hydroxylation sites is 1. The van der Waals surface area contributed by atoms with Crippen LogP contribution in [-0.4, -0.2) is 15.2 Å². The van der Waals surface area contributed by atoms with Crippen LogP contribution in [-0.2, 0) is 6.61 Å². The van der Waals surface area contributed by atoms with Gasteiger partial charge in [0.05, 0.1) is 6.10 Å². The lowest BCUT2D eigenvalue weighted by Gasteiger charge is -2.11. The van der Waals surface area contributed by atoms with E-state index in [4.69, 9.17) is 9.26 Å². The summed E-state index contributed by atoms with van der Waals surface area (Å²) in [5, 5.41) is 13.5. The van der Waals surface area contributed by atoms with E-state index >= 15 is 0 Å². The van der Waals surface area contributed by atoms with Gasteiger partial charge in [-0.1, -0.05) is 37.2 Å². The SMILES string of the molecule is CC(C)c1noc(COc2ccccc2[C@H](C)O)n1. The number of benzene rings is 1. The molecule has 0 spiro atoms. The van der Waals surface area contributed by atoms with E-state index < -0.39 is 6.10 Å². The van der Waals surface area contributed by atoms with Crippen LogP contribution in [0, 0.1) is 0 Å². The molecule has 1 aromatic heterocycles. The fourth-order valence-electron chi connectivity index (χ4n) is 1.66. The molecule has 0 saturated carbocycles. The van der Waals surface area contributed by atoms with Crippen LogP contribution in [0.15, 0.2) is 28.8 Å². The second-order valence-corrected chi connectivity index (χ2v) is 4.70. The van der Waals surface area contributed by atoms with Crippen LogP contribution in [0.2, 0.25) is 0 Å². The van der Waals surface area contributed by atoms with Gasteiger partial charge in [-0.15, -0.1) is 0 Å². The van der Waals surface area contributed by atoms with Crippen molar-refractivity contribution in [3.8, 4) is 5.75 Å². The Hall–Kier alpha value is -1.88. The molecular weight excluding hydrogens is 244 g/mol. The molecular formula is C14H18N2O3. The molecule has 0 amide bonds. The maximum absolute atomic E-state index is 9.65. The zero-order valence-electron chi connectivity index (χ0n) is 11.3. The Kier molecular flexibility index (Phi) is 4.16. The number of nitrogens with zero attached hydrogens (tertiary/aromatic N) is 2. The lowest BCUT2D eigenvalue weighted by atomic mass is 10.1. The number of aromatic nitrogens is 2. The molecule has 0 aliphatic rings. The Labute approximate surface area is 112 Å². The topological polar surface area (TPSA) is 68.4 Å². The van der Waals surface area contributed by atoms with E-state index in [-0.39, 0.29) is 12.5 Å². The third kappa shape index (κ3) is 3.32. The molecule has 1 atom stereocenters. The zero-order chi connectivity index (χ0) is 13.8. The van der Waals surface area contributed by atoms with Crippen molar-refractivity contribution in [1.82, 2.24) is 10.1 Å². The fraction of sp³-hybridized carbons (Fsp3) is 0.429. The van der Waals surface area contributed by atoms with Gasteiger partial charge in [-0.05, 0) is 13.0 Å². The van der Waals surface area contributed by atoms with Crippen LogP contribution in [0.1, 0.15) is 50.1 Å². The Bertz CT molecular complexity index is 535. The molecule has 5 nitrogen and oxygen atoms in total. The van der Waals surface area contributed by atoms with Crippen LogP contribution in [0.5, 0.6) is 5.75 Å². The van der Waals surface area contributed by atoms with Crippen molar-refractivity contribution in [3.05, 3.63) is 41.5 Å². The highest BCUT2D eigenvalue weighted by molar-refractivity contribution is 5.34. The minimum absolute atomic E-state index is 0.198. The van der Waals surface area contributed by atoms with Crippen LogP contribution in [0.25, 0.3) is 0 Å². The van der Waals surface area contributed by atoms with E-state index in [2.05, 4.69) is 10.1 Å². The largest absolute Gasteiger partial charge is 0.483 e. The molecule has 0 aliphatic heterocycles. The third-order valence-electron chi connectivity index (χ3n) is 2.72. The summed E-state index contributed by atoms with van der Waals surface area (Å²) in [5.74, 6) is 1.95. The minimum Gasteiger partial charge on any atom is -0.483 e. The van der Waals surface area contributed by atoms with Crippen molar-refractivity contribution in [3.63, 3.8) is 0 Å². The van der Waals surface area contributed by atoms with Crippen molar-refractivity contribution < 1.29 is 14.4 Å². The summed E-state index contributed by atoms with van der Waals surface area (Å²) in [6.07, 6.45) is -0.579. The van der Waals surface area contributed by atoms with Gasteiger partial charge in [-0.25, -0.2) is 0 Å². The predicted octanol–water partition coefficient (Wildman–Crippen LogP) is 2.83. The van der Waals surface area contributed by atoms with Gasteiger partial charge in [0.15, 0.2) is 12.4 Å². The summed E-state index contributed by atoms with van der Waals surface area (Å²) >= 11 is 0. The van der Waals surface area contributed by atoms with Gasteiger partial charge in [0.25, 0.3) is 5.89 Å². The van der Waals surface area contributed by atoms with Gasteiger partial charge in [0.1, 0.15) is 5.75 Å². The van der Waals surface area contributed by atoms with Crippen LogP contribution < -0.4 is 4.74 Å². The van der Waals surface area contributed by atoms with E-state index in [0.29, 0.717) is 17.5 Å². The molecule has 1 aromatic carbocycles. The van der Waals surface area contributed by atoms with Gasteiger partial charge < -0.3 is 14.4 Å². The van der Waals surface area contributed by atoms with Crippen molar-refractivity contribution in [2.75, 3.05) is 0 Å². The Morgan fingerprint density at radius 3 is 2.63 bits per heavy atom.